The van der Waals surface area contributed by atoms with Gasteiger partial charge in [-0.15, -0.1) is 12.4 Å². The van der Waals surface area contributed by atoms with Crippen LogP contribution in [0.25, 0.3) is 0 Å². The lowest BCUT2D eigenvalue weighted by Crippen LogP contribution is -2.48. The van der Waals surface area contributed by atoms with Crippen LogP contribution < -0.4 is 10.6 Å². The van der Waals surface area contributed by atoms with Gasteiger partial charge in [0.1, 0.15) is 0 Å². The van der Waals surface area contributed by atoms with Crippen molar-refractivity contribution in [1.82, 2.24) is 10.2 Å². The van der Waals surface area contributed by atoms with E-state index in [1.807, 2.05) is 37.3 Å². The molecule has 1 atom stereocenters. The molecule has 4 nitrogen and oxygen atoms in total. The molecule has 1 unspecified atom stereocenters. The van der Waals surface area contributed by atoms with Gasteiger partial charge in [0.2, 0.25) is 5.91 Å². The largest absolute Gasteiger partial charge is 0.324 e. The summed E-state index contributed by atoms with van der Waals surface area (Å²) in [6, 6.07) is 14.2. The number of halogens is 2. The maximum Gasteiger partial charge on any atom is 0.238 e. The Morgan fingerprint density at radius 2 is 2.04 bits per heavy atom. The van der Waals surface area contributed by atoms with Crippen LogP contribution in [0, 0.1) is 6.92 Å². The minimum absolute atomic E-state index is 0. The van der Waals surface area contributed by atoms with Crippen molar-refractivity contribution in [3.05, 3.63) is 64.2 Å². The van der Waals surface area contributed by atoms with E-state index in [9.17, 15) is 4.79 Å². The van der Waals surface area contributed by atoms with Crippen LogP contribution in [0.15, 0.2) is 42.5 Å². The second-order valence-electron chi connectivity index (χ2n) is 7.49. The molecule has 0 bridgehead atoms. The fraction of sp³-hybridized carbons (Fsp3) is 0.409. The molecule has 3 rings (SSSR count). The molecule has 1 aliphatic rings. The van der Waals surface area contributed by atoms with Crippen LogP contribution in [0.5, 0.6) is 0 Å². The van der Waals surface area contributed by atoms with Crippen molar-refractivity contribution in [1.29, 1.82) is 0 Å². The Morgan fingerprint density at radius 3 is 2.75 bits per heavy atom. The van der Waals surface area contributed by atoms with Crippen molar-refractivity contribution >= 4 is 35.6 Å². The number of anilines is 1. The van der Waals surface area contributed by atoms with Crippen LogP contribution in [-0.2, 0) is 4.79 Å². The van der Waals surface area contributed by atoms with Gasteiger partial charge in [0, 0.05) is 36.4 Å². The molecular weight excluding hydrogens is 393 g/mol. The van der Waals surface area contributed by atoms with Gasteiger partial charge in [-0.2, -0.15) is 0 Å². The molecule has 0 aliphatic carbocycles. The quantitative estimate of drug-likeness (QED) is 0.729. The maximum atomic E-state index is 12.9. The smallest absolute Gasteiger partial charge is 0.238 e. The number of benzene rings is 2. The fourth-order valence-corrected chi connectivity index (χ4v) is 3.88. The second kappa shape index (κ2) is 10.3. The molecule has 28 heavy (non-hydrogen) atoms. The minimum Gasteiger partial charge on any atom is -0.324 e. The Kier molecular flexibility index (Phi) is 8.32. The van der Waals surface area contributed by atoms with Crippen LogP contribution in [0.4, 0.5) is 5.69 Å². The Balaban J connectivity index is 0.00000280. The van der Waals surface area contributed by atoms with Gasteiger partial charge in [-0.1, -0.05) is 55.8 Å². The molecule has 1 amide bonds. The number of nitrogens with zero attached hydrogens (tertiary/aromatic N) is 1. The Bertz CT molecular complexity index is 810. The van der Waals surface area contributed by atoms with E-state index < -0.39 is 0 Å². The summed E-state index contributed by atoms with van der Waals surface area (Å²) in [6.07, 6.45) is 0. The molecule has 1 fully saturated rings. The molecule has 2 N–H and O–H groups in total. The lowest BCUT2D eigenvalue weighted by Gasteiger charge is -2.36. The summed E-state index contributed by atoms with van der Waals surface area (Å²) < 4.78 is 0. The minimum atomic E-state index is 0. The maximum absolute atomic E-state index is 12.9. The summed E-state index contributed by atoms with van der Waals surface area (Å²) in [5.74, 6) is 0.388. The van der Waals surface area contributed by atoms with Gasteiger partial charge in [0.25, 0.3) is 0 Å². The van der Waals surface area contributed by atoms with Crippen LogP contribution >= 0.6 is 24.0 Å². The van der Waals surface area contributed by atoms with Crippen molar-refractivity contribution in [2.75, 3.05) is 31.5 Å². The van der Waals surface area contributed by atoms with E-state index >= 15 is 0 Å². The summed E-state index contributed by atoms with van der Waals surface area (Å²) in [4.78, 5) is 15.1. The first-order valence-corrected chi connectivity index (χ1v) is 9.93. The Hall–Kier alpha value is -1.59. The van der Waals surface area contributed by atoms with E-state index in [-0.39, 0.29) is 24.4 Å². The molecule has 2 aromatic rings. The third kappa shape index (κ3) is 5.48. The first-order chi connectivity index (χ1) is 13.0. The van der Waals surface area contributed by atoms with Crippen LogP contribution in [0.3, 0.4) is 0 Å². The third-order valence-corrected chi connectivity index (χ3v) is 5.36. The number of rotatable bonds is 5. The summed E-state index contributed by atoms with van der Waals surface area (Å²) in [5, 5.41) is 7.31. The standard InChI is InChI=1S/C22H28ClN3O.ClH/c1-15(2)19-9-4-6-16(3)22(19)25-21(27)14-26-11-10-24-13-20(26)17-7-5-8-18(23)12-17;/h4-9,12,15,20,24H,10-11,13-14H2,1-3H3,(H,25,27);1H. The van der Waals surface area contributed by atoms with Crippen LogP contribution in [0.2, 0.25) is 5.02 Å². The average molecular weight is 422 g/mol. The van der Waals surface area contributed by atoms with Gasteiger partial charge in [-0.05, 0) is 41.7 Å². The van der Waals surface area contributed by atoms with Crippen LogP contribution in [0.1, 0.15) is 42.5 Å². The Labute approximate surface area is 179 Å². The number of hydrogen-bond acceptors (Lipinski definition) is 3. The molecule has 1 heterocycles. The summed E-state index contributed by atoms with van der Waals surface area (Å²) in [7, 11) is 0. The number of piperazine rings is 1. The number of aryl methyl sites for hydroxylation is 1. The summed E-state index contributed by atoms with van der Waals surface area (Å²) >= 11 is 6.17. The highest BCUT2D eigenvalue weighted by atomic mass is 35.5. The van der Waals surface area contributed by atoms with Gasteiger partial charge in [0.05, 0.1) is 6.54 Å². The van der Waals surface area contributed by atoms with Crippen LogP contribution in [-0.4, -0.2) is 37.0 Å². The van der Waals surface area contributed by atoms with Crippen molar-refractivity contribution in [3.63, 3.8) is 0 Å². The molecule has 0 saturated carbocycles. The zero-order valence-electron chi connectivity index (χ0n) is 16.7. The highest BCUT2D eigenvalue weighted by Gasteiger charge is 2.26. The molecule has 0 spiro atoms. The molecule has 1 aliphatic heterocycles. The van der Waals surface area contributed by atoms with Gasteiger partial charge in [-0.3, -0.25) is 9.69 Å². The average Bonchev–Trinajstić information content (AvgIpc) is 2.63. The molecule has 1 saturated heterocycles. The molecule has 2 aromatic carbocycles. The highest BCUT2D eigenvalue weighted by molar-refractivity contribution is 6.30. The molecule has 152 valence electrons. The molecule has 0 aromatic heterocycles. The number of hydrogen-bond donors (Lipinski definition) is 2. The van der Waals surface area contributed by atoms with E-state index in [2.05, 4.69) is 41.5 Å². The SMILES string of the molecule is Cc1cccc(C(C)C)c1NC(=O)CN1CCNCC1c1cccc(Cl)c1.Cl. The predicted molar refractivity (Wildman–Crippen MR) is 120 cm³/mol. The third-order valence-electron chi connectivity index (χ3n) is 5.13. The zero-order chi connectivity index (χ0) is 19.4. The molecule has 6 heteroatoms. The first kappa shape index (κ1) is 22.7. The van der Waals surface area contributed by atoms with Gasteiger partial charge < -0.3 is 10.6 Å². The number of carbonyl (C=O) groups is 1. The lowest BCUT2D eigenvalue weighted by molar-refractivity contribution is -0.118. The fourth-order valence-electron chi connectivity index (χ4n) is 3.68. The normalized spacial score (nSPS) is 17.2. The van der Waals surface area contributed by atoms with E-state index in [1.54, 1.807) is 0 Å². The second-order valence-corrected chi connectivity index (χ2v) is 7.92. The number of amides is 1. The number of carbonyl (C=O) groups excluding carboxylic acids is 1. The predicted octanol–water partition coefficient (Wildman–Crippen LogP) is 4.78. The van der Waals surface area contributed by atoms with Gasteiger partial charge in [-0.25, -0.2) is 0 Å². The van der Waals surface area contributed by atoms with Crippen molar-refractivity contribution in [2.24, 2.45) is 0 Å². The van der Waals surface area contributed by atoms with E-state index in [0.717, 1.165) is 41.5 Å². The lowest BCUT2D eigenvalue weighted by atomic mass is 9.98. The first-order valence-electron chi connectivity index (χ1n) is 9.55. The van der Waals surface area contributed by atoms with Crippen molar-refractivity contribution in [3.8, 4) is 0 Å². The van der Waals surface area contributed by atoms with Crippen molar-refractivity contribution < 1.29 is 4.79 Å². The summed E-state index contributed by atoms with van der Waals surface area (Å²) in [6.45, 7) is 9.23. The van der Waals surface area contributed by atoms with Gasteiger partial charge >= 0.3 is 0 Å². The molecular formula is C22H29Cl2N3O. The van der Waals surface area contributed by atoms with E-state index in [1.165, 1.54) is 5.56 Å². The molecule has 0 radical (unpaired) electrons. The Morgan fingerprint density at radius 1 is 1.29 bits per heavy atom. The highest BCUT2D eigenvalue weighted by Crippen LogP contribution is 2.28. The summed E-state index contributed by atoms with van der Waals surface area (Å²) in [5.41, 5.74) is 4.37. The zero-order valence-corrected chi connectivity index (χ0v) is 18.2. The number of para-hydroxylation sites is 1. The monoisotopic (exact) mass is 421 g/mol. The van der Waals surface area contributed by atoms with Crippen molar-refractivity contribution in [2.45, 2.75) is 32.7 Å². The van der Waals surface area contributed by atoms with E-state index in [0.29, 0.717) is 12.5 Å². The topological polar surface area (TPSA) is 44.4 Å². The van der Waals surface area contributed by atoms with Gasteiger partial charge in [0.15, 0.2) is 0 Å². The number of nitrogens with one attached hydrogen (secondary N) is 2. The van der Waals surface area contributed by atoms with E-state index in [4.69, 9.17) is 11.6 Å².